The summed E-state index contributed by atoms with van der Waals surface area (Å²) in [5.41, 5.74) is 12.6. The standard InChI is InChI=1S/C14H18N3O2.3ClH/c15-11-3-1-5-14(7-11)19-10-13(18)9-17-6-2-4-12(16)8-17;;;/h1-8,13,18H,9-10,15-16H2;3*1H/q+1;;;/p-1. The molecule has 1 aromatic carbocycles. The Morgan fingerprint density at radius 2 is 1.77 bits per heavy atom. The average Bonchev–Trinajstić information content (AvgIpc) is 2.36. The first-order chi connectivity index (χ1) is 9.13. The predicted octanol–water partition coefficient (Wildman–Crippen LogP) is -1.57. The van der Waals surface area contributed by atoms with Gasteiger partial charge in [-0.05, 0) is 18.2 Å². The van der Waals surface area contributed by atoms with E-state index in [2.05, 4.69) is 0 Å². The van der Waals surface area contributed by atoms with Crippen LogP contribution in [0.25, 0.3) is 0 Å². The molecule has 8 heteroatoms. The van der Waals surface area contributed by atoms with E-state index >= 15 is 0 Å². The Balaban J connectivity index is 0. The molecule has 2 rings (SSSR count). The number of pyridine rings is 1. The lowest BCUT2D eigenvalue weighted by molar-refractivity contribution is -0.703. The maximum atomic E-state index is 9.91. The van der Waals surface area contributed by atoms with Crippen LogP contribution in [-0.4, -0.2) is 17.8 Å². The SMILES string of the molecule is Cl.Cl.Nc1cccc(OCC(O)C[n+]2cccc(N)c2)c1.[Cl-]. The van der Waals surface area contributed by atoms with Crippen molar-refractivity contribution in [3.63, 3.8) is 0 Å². The van der Waals surface area contributed by atoms with E-state index in [1.807, 2.05) is 22.9 Å². The highest BCUT2D eigenvalue weighted by Crippen LogP contribution is 2.14. The molecule has 1 aromatic heterocycles. The lowest BCUT2D eigenvalue weighted by Crippen LogP contribution is -3.00. The molecule has 124 valence electrons. The molecule has 2 aromatic rings. The van der Waals surface area contributed by atoms with Crippen LogP contribution in [-0.2, 0) is 6.54 Å². The number of hydrogen-bond acceptors (Lipinski definition) is 4. The lowest BCUT2D eigenvalue weighted by atomic mass is 10.3. The van der Waals surface area contributed by atoms with E-state index in [1.165, 1.54) is 0 Å². The molecule has 0 bridgehead atoms. The Hall–Kier alpha value is -1.40. The van der Waals surface area contributed by atoms with Crippen molar-refractivity contribution >= 4 is 36.2 Å². The fourth-order valence-electron chi connectivity index (χ4n) is 1.75. The molecule has 0 aliphatic heterocycles. The highest BCUT2D eigenvalue weighted by Gasteiger charge is 2.12. The van der Waals surface area contributed by atoms with Crippen LogP contribution in [0.5, 0.6) is 5.75 Å². The van der Waals surface area contributed by atoms with E-state index < -0.39 is 6.10 Å². The largest absolute Gasteiger partial charge is 1.00 e. The number of nitrogens with zero attached hydrogens (tertiary/aromatic N) is 1. The number of aromatic nitrogens is 1. The van der Waals surface area contributed by atoms with Gasteiger partial charge in [0.25, 0.3) is 0 Å². The van der Waals surface area contributed by atoms with Crippen molar-refractivity contribution < 1.29 is 26.8 Å². The summed E-state index contributed by atoms with van der Waals surface area (Å²) in [6.45, 7) is 0.624. The zero-order chi connectivity index (χ0) is 13.7. The molecule has 1 unspecified atom stereocenters. The van der Waals surface area contributed by atoms with Crippen molar-refractivity contribution in [2.75, 3.05) is 18.1 Å². The van der Waals surface area contributed by atoms with E-state index in [9.17, 15) is 5.11 Å². The van der Waals surface area contributed by atoms with Crippen LogP contribution in [0.1, 0.15) is 0 Å². The third-order valence-corrected chi connectivity index (χ3v) is 2.60. The average molecular weight is 369 g/mol. The predicted molar refractivity (Wildman–Crippen MR) is 87.9 cm³/mol. The summed E-state index contributed by atoms with van der Waals surface area (Å²) in [6, 6.07) is 10.7. The molecule has 0 aliphatic carbocycles. The first kappa shape index (κ1) is 22.9. The number of halogens is 3. The quantitative estimate of drug-likeness (QED) is 0.439. The summed E-state index contributed by atoms with van der Waals surface area (Å²) in [4.78, 5) is 0. The van der Waals surface area contributed by atoms with Gasteiger partial charge in [0.2, 0.25) is 0 Å². The molecule has 0 saturated heterocycles. The van der Waals surface area contributed by atoms with Gasteiger partial charge < -0.3 is 33.7 Å². The van der Waals surface area contributed by atoms with Crippen LogP contribution in [0.2, 0.25) is 0 Å². The van der Waals surface area contributed by atoms with E-state index in [-0.39, 0.29) is 43.8 Å². The van der Waals surface area contributed by atoms with E-state index in [4.69, 9.17) is 16.2 Å². The van der Waals surface area contributed by atoms with Gasteiger partial charge in [-0.25, -0.2) is 4.57 Å². The van der Waals surface area contributed by atoms with Gasteiger partial charge in [0.15, 0.2) is 18.9 Å². The van der Waals surface area contributed by atoms with Gasteiger partial charge in [-0.3, -0.25) is 0 Å². The van der Waals surface area contributed by atoms with E-state index in [1.54, 1.807) is 30.5 Å². The maximum absolute atomic E-state index is 9.91. The minimum atomic E-state index is -0.617. The number of aliphatic hydroxyl groups is 1. The van der Waals surface area contributed by atoms with Crippen LogP contribution in [0.15, 0.2) is 48.8 Å². The first-order valence-corrected chi connectivity index (χ1v) is 6.04. The van der Waals surface area contributed by atoms with Crippen LogP contribution in [0.3, 0.4) is 0 Å². The molecule has 22 heavy (non-hydrogen) atoms. The summed E-state index contributed by atoms with van der Waals surface area (Å²) >= 11 is 0. The van der Waals surface area contributed by atoms with Crippen LogP contribution >= 0.6 is 24.8 Å². The fraction of sp³-hybridized carbons (Fsp3) is 0.214. The lowest BCUT2D eigenvalue weighted by Gasteiger charge is -2.10. The van der Waals surface area contributed by atoms with Gasteiger partial charge in [0.05, 0.1) is 5.69 Å². The van der Waals surface area contributed by atoms with Crippen molar-refractivity contribution in [2.45, 2.75) is 12.6 Å². The maximum Gasteiger partial charge on any atom is 0.191 e. The fourth-order valence-corrected chi connectivity index (χ4v) is 1.75. The molecule has 1 heterocycles. The Kier molecular flexibility index (Phi) is 11.7. The van der Waals surface area contributed by atoms with Crippen molar-refractivity contribution in [1.29, 1.82) is 0 Å². The monoisotopic (exact) mass is 367 g/mol. The van der Waals surface area contributed by atoms with Gasteiger partial charge >= 0.3 is 0 Å². The Morgan fingerprint density at radius 1 is 1.09 bits per heavy atom. The van der Waals surface area contributed by atoms with Crippen molar-refractivity contribution in [3.05, 3.63) is 48.8 Å². The molecule has 5 N–H and O–H groups in total. The number of nitrogens with two attached hydrogens (primary N) is 2. The second kappa shape index (κ2) is 11.2. The highest BCUT2D eigenvalue weighted by molar-refractivity contribution is 5.85. The number of hydrogen-bond donors (Lipinski definition) is 3. The summed E-state index contributed by atoms with van der Waals surface area (Å²) in [5.74, 6) is 0.650. The number of benzene rings is 1. The number of ether oxygens (including phenoxy) is 1. The van der Waals surface area contributed by atoms with Gasteiger partial charge in [0, 0.05) is 17.8 Å². The Labute approximate surface area is 148 Å². The highest BCUT2D eigenvalue weighted by atomic mass is 35.5. The van der Waals surface area contributed by atoms with E-state index in [0.717, 1.165) is 0 Å². The second-order valence-electron chi connectivity index (χ2n) is 4.37. The third-order valence-electron chi connectivity index (χ3n) is 2.60. The molecule has 0 aliphatic rings. The van der Waals surface area contributed by atoms with Gasteiger partial charge in [-0.2, -0.15) is 0 Å². The van der Waals surface area contributed by atoms with Crippen molar-refractivity contribution in [2.24, 2.45) is 0 Å². The van der Waals surface area contributed by atoms with Crippen LogP contribution in [0, 0.1) is 0 Å². The Bertz CT molecular complexity index is 558. The van der Waals surface area contributed by atoms with Crippen LogP contribution in [0.4, 0.5) is 11.4 Å². The summed E-state index contributed by atoms with van der Waals surface area (Å²) < 4.78 is 7.30. The minimum Gasteiger partial charge on any atom is -1.00 e. The normalized spacial score (nSPS) is 10.4. The molecule has 0 amide bonds. The Morgan fingerprint density at radius 3 is 2.41 bits per heavy atom. The smallest absolute Gasteiger partial charge is 0.191 e. The van der Waals surface area contributed by atoms with Gasteiger partial charge in [0.1, 0.15) is 18.5 Å². The molecule has 0 radical (unpaired) electrons. The summed E-state index contributed by atoms with van der Waals surface area (Å²) in [5, 5.41) is 9.91. The van der Waals surface area contributed by atoms with Gasteiger partial charge in [-0.1, -0.05) is 6.07 Å². The van der Waals surface area contributed by atoms with Gasteiger partial charge in [-0.15, -0.1) is 24.8 Å². The zero-order valence-electron chi connectivity index (χ0n) is 11.8. The molecular formula is C14H20Cl3N3O2. The summed E-state index contributed by atoms with van der Waals surface area (Å²) in [7, 11) is 0. The molecule has 0 fully saturated rings. The summed E-state index contributed by atoms with van der Waals surface area (Å²) in [6.07, 6.45) is 3.00. The zero-order valence-corrected chi connectivity index (χ0v) is 14.2. The molecule has 5 nitrogen and oxygen atoms in total. The number of anilines is 2. The molecular weight excluding hydrogens is 349 g/mol. The van der Waals surface area contributed by atoms with E-state index in [0.29, 0.717) is 23.7 Å². The number of rotatable bonds is 5. The molecule has 0 spiro atoms. The minimum absolute atomic E-state index is 0. The molecule has 0 saturated carbocycles. The number of aliphatic hydroxyl groups excluding tert-OH is 1. The van der Waals surface area contributed by atoms with Crippen molar-refractivity contribution in [1.82, 2.24) is 0 Å². The van der Waals surface area contributed by atoms with Crippen molar-refractivity contribution in [3.8, 4) is 5.75 Å². The molecule has 1 atom stereocenters. The first-order valence-electron chi connectivity index (χ1n) is 6.04. The number of nitrogen functional groups attached to an aromatic ring is 2. The topological polar surface area (TPSA) is 85.4 Å². The second-order valence-corrected chi connectivity index (χ2v) is 4.37. The third kappa shape index (κ3) is 7.56. The van der Waals surface area contributed by atoms with Crippen LogP contribution < -0.4 is 33.2 Å².